The van der Waals surface area contributed by atoms with E-state index in [0.29, 0.717) is 5.92 Å². The van der Waals surface area contributed by atoms with E-state index in [2.05, 4.69) is 12.2 Å². The smallest absolute Gasteiger partial charge is 0.0746 e. The van der Waals surface area contributed by atoms with Crippen molar-refractivity contribution in [1.82, 2.24) is 5.32 Å². The Morgan fingerprint density at radius 2 is 2.10 bits per heavy atom. The standard InChI is InChI=1S/C8H17NO/c1-6-4-5-9-7(6)8(2,3)10/h6-7,9-10H,4-5H2,1-3H3/t6-,7+/m1/s1. The molecule has 2 heteroatoms. The van der Waals surface area contributed by atoms with Crippen molar-refractivity contribution in [3.63, 3.8) is 0 Å². The van der Waals surface area contributed by atoms with Gasteiger partial charge in [-0.05, 0) is 32.7 Å². The normalized spacial score (nSPS) is 34.8. The number of hydrogen-bond donors (Lipinski definition) is 2. The summed E-state index contributed by atoms with van der Waals surface area (Å²) >= 11 is 0. The van der Waals surface area contributed by atoms with Gasteiger partial charge in [0.2, 0.25) is 0 Å². The molecule has 0 aromatic rings. The molecular weight excluding hydrogens is 126 g/mol. The van der Waals surface area contributed by atoms with Crippen LogP contribution < -0.4 is 5.32 Å². The Kier molecular flexibility index (Phi) is 2.02. The first-order chi connectivity index (χ1) is 4.52. The number of hydrogen-bond acceptors (Lipinski definition) is 2. The van der Waals surface area contributed by atoms with Gasteiger partial charge in [0.1, 0.15) is 0 Å². The van der Waals surface area contributed by atoms with Crippen molar-refractivity contribution in [3.8, 4) is 0 Å². The molecule has 1 saturated heterocycles. The van der Waals surface area contributed by atoms with Crippen LogP contribution in [-0.2, 0) is 0 Å². The Labute approximate surface area is 62.6 Å². The minimum Gasteiger partial charge on any atom is -0.389 e. The largest absolute Gasteiger partial charge is 0.389 e. The quantitative estimate of drug-likeness (QED) is 0.568. The zero-order valence-electron chi connectivity index (χ0n) is 7.02. The number of nitrogens with one attached hydrogen (secondary N) is 1. The summed E-state index contributed by atoms with van der Waals surface area (Å²) in [6, 6.07) is 0.285. The van der Waals surface area contributed by atoms with Crippen molar-refractivity contribution in [2.75, 3.05) is 6.54 Å². The Bertz CT molecular complexity index is 117. The summed E-state index contributed by atoms with van der Waals surface area (Å²) in [7, 11) is 0. The molecule has 1 rings (SSSR count). The van der Waals surface area contributed by atoms with Crippen LogP contribution in [0.3, 0.4) is 0 Å². The summed E-state index contributed by atoms with van der Waals surface area (Å²) in [5.74, 6) is 0.611. The summed E-state index contributed by atoms with van der Waals surface area (Å²) in [5.41, 5.74) is -0.560. The van der Waals surface area contributed by atoms with Gasteiger partial charge >= 0.3 is 0 Å². The Hall–Kier alpha value is -0.0800. The van der Waals surface area contributed by atoms with Crippen LogP contribution in [0.4, 0.5) is 0 Å². The van der Waals surface area contributed by atoms with Gasteiger partial charge in [-0.15, -0.1) is 0 Å². The molecular formula is C8H17NO. The first kappa shape index (κ1) is 8.02. The van der Waals surface area contributed by atoms with E-state index in [1.807, 2.05) is 13.8 Å². The fraction of sp³-hybridized carbons (Fsp3) is 1.00. The average Bonchev–Trinajstić information content (AvgIpc) is 2.11. The minimum absolute atomic E-state index is 0.285. The molecule has 0 saturated carbocycles. The second kappa shape index (κ2) is 2.51. The zero-order valence-corrected chi connectivity index (χ0v) is 7.02. The van der Waals surface area contributed by atoms with Crippen molar-refractivity contribution in [3.05, 3.63) is 0 Å². The molecule has 2 N–H and O–H groups in total. The summed E-state index contributed by atoms with van der Waals surface area (Å²) in [6.07, 6.45) is 1.19. The first-order valence-electron chi connectivity index (χ1n) is 3.97. The molecule has 0 aromatic heterocycles. The maximum absolute atomic E-state index is 9.63. The average molecular weight is 143 g/mol. The lowest BCUT2D eigenvalue weighted by atomic mass is 9.90. The van der Waals surface area contributed by atoms with E-state index in [9.17, 15) is 5.11 Å². The first-order valence-corrected chi connectivity index (χ1v) is 3.97. The van der Waals surface area contributed by atoms with Crippen LogP contribution in [0.2, 0.25) is 0 Å². The summed E-state index contributed by atoms with van der Waals surface area (Å²) in [5, 5.41) is 12.9. The Morgan fingerprint density at radius 3 is 2.30 bits per heavy atom. The molecule has 0 aliphatic carbocycles. The lowest BCUT2D eigenvalue weighted by Crippen LogP contribution is -2.45. The zero-order chi connectivity index (χ0) is 7.78. The second-order valence-corrected chi connectivity index (χ2v) is 3.85. The third-order valence-corrected chi connectivity index (χ3v) is 2.29. The van der Waals surface area contributed by atoms with Gasteiger partial charge in [-0.2, -0.15) is 0 Å². The molecule has 1 aliphatic rings. The van der Waals surface area contributed by atoms with Gasteiger partial charge in [-0.3, -0.25) is 0 Å². The van der Waals surface area contributed by atoms with E-state index in [1.54, 1.807) is 0 Å². The summed E-state index contributed by atoms with van der Waals surface area (Å²) < 4.78 is 0. The molecule has 0 spiro atoms. The van der Waals surface area contributed by atoms with Gasteiger partial charge in [-0.25, -0.2) is 0 Å². The van der Waals surface area contributed by atoms with Crippen LogP contribution in [0, 0.1) is 5.92 Å². The van der Waals surface area contributed by atoms with E-state index in [-0.39, 0.29) is 6.04 Å². The van der Waals surface area contributed by atoms with Gasteiger partial charge in [0.05, 0.1) is 5.60 Å². The summed E-state index contributed by atoms with van der Waals surface area (Å²) in [4.78, 5) is 0. The molecule has 0 amide bonds. The van der Waals surface area contributed by atoms with Crippen molar-refractivity contribution < 1.29 is 5.11 Å². The Balaban J connectivity index is 2.55. The molecule has 0 bridgehead atoms. The van der Waals surface area contributed by atoms with Gasteiger partial charge in [0.25, 0.3) is 0 Å². The van der Waals surface area contributed by atoms with Crippen LogP contribution in [-0.4, -0.2) is 23.3 Å². The SMILES string of the molecule is C[C@@H]1CCN[C@@H]1C(C)(C)O. The van der Waals surface area contributed by atoms with E-state index < -0.39 is 5.60 Å². The van der Waals surface area contributed by atoms with Gasteiger partial charge < -0.3 is 10.4 Å². The van der Waals surface area contributed by atoms with Crippen LogP contribution in [0.15, 0.2) is 0 Å². The van der Waals surface area contributed by atoms with E-state index >= 15 is 0 Å². The monoisotopic (exact) mass is 143 g/mol. The van der Waals surface area contributed by atoms with E-state index in [4.69, 9.17) is 0 Å². The van der Waals surface area contributed by atoms with Gasteiger partial charge in [0.15, 0.2) is 0 Å². The van der Waals surface area contributed by atoms with Crippen LogP contribution in [0.25, 0.3) is 0 Å². The van der Waals surface area contributed by atoms with E-state index in [1.165, 1.54) is 6.42 Å². The number of aliphatic hydroxyl groups is 1. The van der Waals surface area contributed by atoms with Crippen molar-refractivity contribution in [1.29, 1.82) is 0 Å². The predicted octanol–water partition coefficient (Wildman–Crippen LogP) is 0.755. The highest BCUT2D eigenvalue weighted by atomic mass is 16.3. The molecule has 1 heterocycles. The van der Waals surface area contributed by atoms with Crippen molar-refractivity contribution >= 4 is 0 Å². The molecule has 60 valence electrons. The highest BCUT2D eigenvalue weighted by molar-refractivity contribution is 4.92. The fourth-order valence-electron chi connectivity index (χ4n) is 1.78. The fourth-order valence-corrected chi connectivity index (χ4v) is 1.78. The van der Waals surface area contributed by atoms with Crippen LogP contribution in [0.5, 0.6) is 0 Å². The molecule has 0 radical (unpaired) electrons. The maximum atomic E-state index is 9.63. The Morgan fingerprint density at radius 1 is 1.50 bits per heavy atom. The maximum Gasteiger partial charge on any atom is 0.0746 e. The van der Waals surface area contributed by atoms with Crippen LogP contribution >= 0.6 is 0 Å². The molecule has 1 fully saturated rings. The van der Waals surface area contributed by atoms with Crippen molar-refractivity contribution in [2.24, 2.45) is 5.92 Å². The third kappa shape index (κ3) is 1.50. The van der Waals surface area contributed by atoms with Gasteiger partial charge in [-0.1, -0.05) is 6.92 Å². The highest BCUT2D eigenvalue weighted by Crippen LogP contribution is 2.23. The molecule has 0 unspecified atom stereocenters. The molecule has 0 aromatic carbocycles. The topological polar surface area (TPSA) is 32.3 Å². The summed E-state index contributed by atoms with van der Waals surface area (Å²) in [6.45, 7) is 6.97. The highest BCUT2D eigenvalue weighted by Gasteiger charge is 2.34. The van der Waals surface area contributed by atoms with Crippen LogP contribution in [0.1, 0.15) is 27.2 Å². The lowest BCUT2D eigenvalue weighted by molar-refractivity contribution is 0.0313. The van der Waals surface area contributed by atoms with E-state index in [0.717, 1.165) is 6.54 Å². The predicted molar refractivity (Wildman–Crippen MR) is 41.9 cm³/mol. The lowest BCUT2D eigenvalue weighted by Gasteiger charge is -2.28. The molecule has 2 atom stereocenters. The minimum atomic E-state index is -0.560. The molecule has 1 aliphatic heterocycles. The third-order valence-electron chi connectivity index (χ3n) is 2.29. The second-order valence-electron chi connectivity index (χ2n) is 3.85. The number of rotatable bonds is 1. The molecule has 2 nitrogen and oxygen atoms in total. The van der Waals surface area contributed by atoms with Crippen molar-refractivity contribution in [2.45, 2.75) is 38.8 Å². The molecule has 10 heavy (non-hydrogen) atoms. The van der Waals surface area contributed by atoms with Gasteiger partial charge in [0, 0.05) is 6.04 Å².